The van der Waals surface area contributed by atoms with Gasteiger partial charge in [0.1, 0.15) is 0 Å². The first-order valence-corrected chi connectivity index (χ1v) is 9.58. The Morgan fingerprint density at radius 1 is 1.11 bits per heavy atom. The van der Waals surface area contributed by atoms with Crippen molar-refractivity contribution in [2.24, 2.45) is 5.41 Å². The van der Waals surface area contributed by atoms with Crippen molar-refractivity contribution >= 4 is 11.8 Å². The summed E-state index contributed by atoms with van der Waals surface area (Å²) >= 11 is 0. The SMILES string of the molecule is Cc1cccc(C(=O)N2CCC[C@](C)(C(=O)NCc3ccccc3C)C2)c1. The van der Waals surface area contributed by atoms with Gasteiger partial charge in [0.05, 0.1) is 5.41 Å². The van der Waals surface area contributed by atoms with Gasteiger partial charge in [-0.3, -0.25) is 9.59 Å². The Morgan fingerprint density at radius 2 is 1.89 bits per heavy atom. The normalized spacial score (nSPS) is 19.6. The predicted octanol–water partition coefficient (Wildman–Crippen LogP) is 3.86. The number of hydrogen-bond acceptors (Lipinski definition) is 2. The summed E-state index contributed by atoms with van der Waals surface area (Å²) in [5.41, 5.74) is 3.50. The highest BCUT2D eigenvalue weighted by molar-refractivity contribution is 5.95. The summed E-state index contributed by atoms with van der Waals surface area (Å²) in [6.45, 7) is 7.68. The van der Waals surface area contributed by atoms with Crippen molar-refractivity contribution in [3.8, 4) is 0 Å². The lowest BCUT2D eigenvalue weighted by Gasteiger charge is -2.39. The van der Waals surface area contributed by atoms with E-state index < -0.39 is 5.41 Å². The van der Waals surface area contributed by atoms with Gasteiger partial charge in [-0.15, -0.1) is 0 Å². The molecule has 0 aromatic heterocycles. The van der Waals surface area contributed by atoms with Crippen LogP contribution in [0.4, 0.5) is 0 Å². The van der Waals surface area contributed by atoms with Gasteiger partial charge in [-0.25, -0.2) is 0 Å². The third kappa shape index (κ3) is 4.38. The Balaban J connectivity index is 1.67. The van der Waals surface area contributed by atoms with Gasteiger partial charge in [0.15, 0.2) is 0 Å². The maximum Gasteiger partial charge on any atom is 0.253 e. The van der Waals surface area contributed by atoms with Gasteiger partial charge < -0.3 is 10.2 Å². The Hall–Kier alpha value is -2.62. The summed E-state index contributed by atoms with van der Waals surface area (Å²) < 4.78 is 0. The van der Waals surface area contributed by atoms with Gasteiger partial charge in [-0.2, -0.15) is 0 Å². The van der Waals surface area contributed by atoms with Gasteiger partial charge >= 0.3 is 0 Å². The third-order valence-electron chi connectivity index (χ3n) is 5.50. The summed E-state index contributed by atoms with van der Waals surface area (Å²) in [7, 11) is 0. The Kier molecular flexibility index (Phi) is 5.64. The number of rotatable bonds is 4. The number of nitrogens with one attached hydrogen (secondary N) is 1. The van der Waals surface area contributed by atoms with Crippen molar-refractivity contribution in [3.63, 3.8) is 0 Å². The molecule has 0 unspecified atom stereocenters. The van der Waals surface area contributed by atoms with Crippen LogP contribution in [0.5, 0.6) is 0 Å². The maximum atomic E-state index is 12.9. The molecule has 1 aliphatic rings. The molecule has 1 aliphatic heterocycles. The molecule has 2 amide bonds. The second-order valence-corrected chi connectivity index (χ2v) is 7.87. The molecule has 1 atom stereocenters. The van der Waals surface area contributed by atoms with Crippen molar-refractivity contribution < 1.29 is 9.59 Å². The number of nitrogens with zero attached hydrogens (tertiary/aromatic N) is 1. The number of likely N-dealkylation sites (tertiary alicyclic amines) is 1. The molecule has 2 aromatic rings. The first-order chi connectivity index (χ1) is 12.9. The van der Waals surface area contributed by atoms with Crippen LogP contribution in [-0.4, -0.2) is 29.8 Å². The number of piperidine rings is 1. The molecule has 142 valence electrons. The molecular weight excluding hydrogens is 336 g/mol. The number of carbonyl (C=O) groups excluding carboxylic acids is 2. The number of hydrogen-bond donors (Lipinski definition) is 1. The average Bonchev–Trinajstić information content (AvgIpc) is 2.66. The zero-order valence-corrected chi connectivity index (χ0v) is 16.4. The molecule has 1 N–H and O–H groups in total. The zero-order chi connectivity index (χ0) is 19.4. The zero-order valence-electron chi connectivity index (χ0n) is 16.4. The van der Waals surface area contributed by atoms with Crippen molar-refractivity contribution in [2.45, 2.75) is 40.2 Å². The minimum atomic E-state index is -0.555. The van der Waals surface area contributed by atoms with E-state index >= 15 is 0 Å². The molecule has 4 nitrogen and oxygen atoms in total. The van der Waals surface area contributed by atoms with Gasteiger partial charge in [-0.05, 0) is 56.9 Å². The lowest BCUT2D eigenvalue weighted by molar-refractivity contribution is -0.132. The second-order valence-electron chi connectivity index (χ2n) is 7.87. The fourth-order valence-corrected chi connectivity index (χ4v) is 3.76. The fraction of sp³-hybridized carbons (Fsp3) is 0.391. The smallest absolute Gasteiger partial charge is 0.253 e. The van der Waals surface area contributed by atoms with E-state index in [0.29, 0.717) is 25.2 Å². The van der Waals surface area contributed by atoms with Gasteiger partial charge in [0.2, 0.25) is 5.91 Å². The lowest BCUT2D eigenvalue weighted by Crippen LogP contribution is -2.51. The molecule has 0 spiro atoms. The highest BCUT2D eigenvalue weighted by atomic mass is 16.2. The summed E-state index contributed by atoms with van der Waals surface area (Å²) in [6, 6.07) is 15.7. The van der Waals surface area contributed by atoms with Crippen LogP contribution >= 0.6 is 0 Å². The monoisotopic (exact) mass is 364 g/mol. The molecule has 0 radical (unpaired) electrons. The van der Waals surface area contributed by atoms with E-state index in [1.807, 2.05) is 74.2 Å². The van der Waals surface area contributed by atoms with Gasteiger partial charge in [0, 0.05) is 25.2 Å². The van der Waals surface area contributed by atoms with E-state index in [0.717, 1.165) is 24.0 Å². The number of aryl methyl sites for hydroxylation is 2. The maximum absolute atomic E-state index is 12.9. The van der Waals surface area contributed by atoms with Crippen LogP contribution in [0.1, 0.15) is 46.8 Å². The minimum Gasteiger partial charge on any atom is -0.351 e. The van der Waals surface area contributed by atoms with Crippen molar-refractivity contribution in [2.75, 3.05) is 13.1 Å². The van der Waals surface area contributed by atoms with E-state index in [4.69, 9.17) is 0 Å². The summed E-state index contributed by atoms with van der Waals surface area (Å²) in [5.74, 6) is 0.0313. The quantitative estimate of drug-likeness (QED) is 0.895. The van der Waals surface area contributed by atoms with Crippen LogP contribution < -0.4 is 5.32 Å². The predicted molar refractivity (Wildman–Crippen MR) is 107 cm³/mol. The van der Waals surface area contributed by atoms with Crippen LogP contribution in [0, 0.1) is 19.3 Å². The van der Waals surface area contributed by atoms with E-state index in [1.165, 1.54) is 5.56 Å². The van der Waals surface area contributed by atoms with Crippen molar-refractivity contribution in [3.05, 3.63) is 70.8 Å². The minimum absolute atomic E-state index is 0.0105. The molecule has 27 heavy (non-hydrogen) atoms. The Bertz CT molecular complexity index is 846. The molecule has 0 aliphatic carbocycles. The average molecular weight is 364 g/mol. The molecular formula is C23H28N2O2. The molecule has 1 heterocycles. The molecule has 2 aromatic carbocycles. The Morgan fingerprint density at radius 3 is 2.63 bits per heavy atom. The van der Waals surface area contributed by atoms with E-state index in [9.17, 15) is 9.59 Å². The molecule has 4 heteroatoms. The van der Waals surface area contributed by atoms with E-state index in [-0.39, 0.29) is 11.8 Å². The number of carbonyl (C=O) groups is 2. The summed E-state index contributed by atoms with van der Waals surface area (Å²) in [5, 5.41) is 3.08. The molecule has 1 fully saturated rings. The standard InChI is InChI=1S/C23H28N2O2/c1-17-8-6-11-19(14-17)21(26)25-13-7-12-23(3,16-25)22(27)24-15-20-10-5-4-9-18(20)2/h4-6,8-11,14H,7,12-13,15-16H2,1-3H3,(H,24,27)/t23-/m0/s1. The third-order valence-corrected chi connectivity index (χ3v) is 5.50. The highest BCUT2D eigenvalue weighted by Gasteiger charge is 2.39. The van der Waals surface area contributed by atoms with E-state index in [1.54, 1.807) is 0 Å². The largest absolute Gasteiger partial charge is 0.351 e. The van der Waals surface area contributed by atoms with Crippen molar-refractivity contribution in [1.82, 2.24) is 10.2 Å². The van der Waals surface area contributed by atoms with Gasteiger partial charge in [0.25, 0.3) is 5.91 Å². The van der Waals surface area contributed by atoms with Crippen LogP contribution in [0.2, 0.25) is 0 Å². The highest BCUT2D eigenvalue weighted by Crippen LogP contribution is 2.31. The molecule has 0 saturated carbocycles. The number of amides is 2. The van der Waals surface area contributed by atoms with Crippen LogP contribution in [0.3, 0.4) is 0 Å². The van der Waals surface area contributed by atoms with E-state index in [2.05, 4.69) is 5.32 Å². The lowest BCUT2D eigenvalue weighted by atomic mass is 9.80. The topological polar surface area (TPSA) is 49.4 Å². The Labute approximate surface area is 161 Å². The first kappa shape index (κ1) is 19.2. The van der Waals surface area contributed by atoms with Gasteiger partial charge in [-0.1, -0.05) is 42.0 Å². The first-order valence-electron chi connectivity index (χ1n) is 9.58. The van der Waals surface area contributed by atoms with Crippen LogP contribution in [0.25, 0.3) is 0 Å². The second kappa shape index (κ2) is 7.95. The summed E-state index contributed by atoms with van der Waals surface area (Å²) in [4.78, 5) is 27.6. The molecule has 1 saturated heterocycles. The van der Waals surface area contributed by atoms with Crippen LogP contribution in [0.15, 0.2) is 48.5 Å². The molecule has 0 bridgehead atoms. The summed E-state index contributed by atoms with van der Waals surface area (Å²) in [6.07, 6.45) is 1.63. The van der Waals surface area contributed by atoms with Crippen molar-refractivity contribution in [1.29, 1.82) is 0 Å². The fourth-order valence-electron chi connectivity index (χ4n) is 3.76. The van der Waals surface area contributed by atoms with Crippen LogP contribution in [-0.2, 0) is 11.3 Å². The number of benzene rings is 2. The molecule has 3 rings (SSSR count).